The first-order valence-corrected chi connectivity index (χ1v) is 6.80. The molecule has 1 fully saturated rings. The number of likely N-dealkylation sites (tertiary alicyclic amines) is 1. The Bertz CT molecular complexity index is 248. The third-order valence-corrected chi connectivity index (χ3v) is 3.40. The van der Waals surface area contributed by atoms with E-state index in [1.54, 1.807) is 7.11 Å². The first kappa shape index (κ1) is 15.4. The first-order chi connectivity index (χ1) is 8.65. The van der Waals surface area contributed by atoms with Gasteiger partial charge in [-0.05, 0) is 26.3 Å². The predicted molar refractivity (Wildman–Crippen MR) is 70.4 cm³/mol. The first-order valence-electron chi connectivity index (χ1n) is 6.80. The number of aliphatic hydroxyl groups excluding tert-OH is 1. The van der Waals surface area contributed by atoms with Crippen molar-refractivity contribution in [1.82, 2.24) is 10.2 Å². The normalized spacial score (nSPS) is 24.4. The van der Waals surface area contributed by atoms with Crippen molar-refractivity contribution >= 4 is 5.91 Å². The zero-order valence-corrected chi connectivity index (χ0v) is 11.5. The Labute approximate surface area is 109 Å². The summed E-state index contributed by atoms with van der Waals surface area (Å²) in [6.07, 6.45) is 4.55. The highest BCUT2D eigenvalue weighted by molar-refractivity contribution is 5.82. The van der Waals surface area contributed by atoms with Crippen LogP contribution in [0.5, 0.6) is 0 Å². The van der Waals surface area contributed by atoms with Crippen molar-refractivity contribution in [2.75, 3.05) is 33.9 Å². The van der Waals surface area contributed by atoms with Gasteiger partial charge in [0, 0.05) is 26.8 Å². The van der Waals surface area contributed by atoms with Crippen molar-refractivity contribution in [3.8, 4) is 0 Å². The number of methoxy groups -OCH3 is 1. The van der Waals surface area contributed by atoms with Crippen molar-refractivity contribution in [2.24, 2.45) is 0 Å². The summed E-state index contributed by atoms with van der Waals surface area (Å²) in [5.74, 6) is 0.0472. The average molecular weight is 258 g/mol. The van der Waals surface area contributed by atoms with Crippen LogP contribution in [0.25, 0.3) is 0 Å². The zero-order chi connectivity index (χ0) is 13.4. The molecule has 5 nitrogen and oxygen atoms in total. The number of nitrogens with zero attached hydrogens (tertiary/aromatic N) is 1. The molecule has 1 saturated heterocycles. The van der Waals surface area contributed by atoms with E-state index in [1.165, 1.54) is 0 Å². The number of likely N-dealkylation sites (N-methyl/N-ethyl adjacent to an activating group) is 1. The van der Waals surface area contributed by atoms with Gasteiger partial charge in [-0.2, -0.15) is 0 Å². The molecule has 0 spiro atoms. The van der Waals surface area contributed by atoms with Gasteiger partial charge < -0.3 is 15.2 Å². The minimum Gasteiger partial charge on any atom is -0.392 e. The second kappa shape index (κ2) is 8.45. The highest BCUT2D eigenvalue weighted by Gasteiger charge is 2.32. The summed E-state index contributed by atoms with van der Waals surface area (Å²) in [4.78, 5) is 13.8. The van der Waals surface area contributed by atoms with E-state index >= 15 is 0 Å². The molecule has 0 aliphatic carbocycles. The molecule has 0 aromatic heterocycles. The maximum atomic E-state index is 11.9. The minimum absolute atomic E-state index is 0.0472. The molecule has 18 heavy (non-hydrogen) atoms. The molecule has 1 heterocycles. The maximum Gasteiger partial charge on any atom is 0.237 e. The molecule has 106 valence electrons. The van der Waals surface area contributed by atoms with Crippen LogP contribution in [-0.2, 0) is 9.53 Å². The molecule has 5 heteroatoms. The molecule has 0 aromatic carbocycles. The topological polar surface area (TPSA) is 61.8 Å². The van der Waals surface area contributed by atoms with Crippen molar-refractivity contribution in [2.45, 2.75) is 44.2 Å². The van der Waals surface area contributed by atoms with Gasteiger partial charge in [0.25, 0.3) is 0 Å². The number of carbonyl (C=O) groups is 1. The highest BCUT2D eigenvalue weighted by atomic mass is 16.5. The molecule has 1 aliphatic rings. The van der Waals surface area contributed by atoms with Crippen LogP contribution in [0.2, 0.25) is 0 Å². The van der Waals surface area contributed by atoms with Gasteiger partial charge in [-0.15, -0.1) is 0 Å². The molecule has 0 radical (unpaired) electrons. The van der Waals surface area contributed by atoms with E-state index in [2.05, 4.69) is 5.32 Å². The number of aliphatic hydroxyl groups is 1. The van der Waals surface area contributed by atoms with Gasteiger partial charge in [-0.25, -0.2) is 0 Å². The van der Waals surface area contributed by atoms with Gasteiger partial charge in [0.2, 0.25) is 5.91 Å². The lowest BCUT2D eigenvalue weighted by molar-refractivity contribution is -0.125. The summed E-state index contributed by atoms with van der Waals surface area (Å²) >= 11 is 0. The van der Waals surface area contributed by atoms with Crippen molar-refractivity contribution < 1.29 is 14.6 Å². The van der Waals surface area contributed by atoms with Crippen LogP contribution in [-0.4, -0.2) is 61.9 Å². The predicted octanol–water partition coefficient (Wildman–Crippen LogP) is 0.374. The Morgan fingerprint density at radius 1 is 1.39 bits per heavy atom. The van der Waals surface area contributed by atoms with E-state index in [1.807, 2.05) is 11.9 Å². The fourth-order valence-corrected chi connectivity index (χ4v) is 2.33. The number of amides is 1. The van der Waals surface area contributed by atoms with Crippen LogP contribution in [0.15, 0.2) is 0 Å². The van der Waals surface area contributed by atoms with E-state index in [4.69, 9.17) is 4.74 Å². The Hall–Kier alpha value is -0.650. The maximum absolute atomic E-state index is 11.9. The second-order valence-corrected chi connectivity index (χ2v) is 5.04. The van der Waals surface area contributed by atoms with Crippen LogP contribution >= 0.6 is 0 Å². The Balaban J connectivity index is 2.03. The fraction of sp³-hybridized carbons (Fsp3) is 0.923. The molecular formula is C13H26N2O3. The Kier molecular flexibility index (Phi) is 7.23. The standard InChI is InChI=1S/C13H26N2O3/c1-15-10-11(16)9-12(15)13(17)14-7-5-3-4-6-8-18-2/h11-12,16H,3-10H2,1-2H3,(H,14,17). The lowest BCUT2D eigenvalue weighted by atomic mass is 10.1. The van der Waals surface area contributed by atoms with Crippen molar-refractivity contribution in [3.05, 3.63) is 0 Å². The lowest BCUT2D eigenvalue weighted by Gasteiger charge is -2.18. The van der Waals surface area contributed by atoms with Gasteiger partial charge in [-0.1, -0.05) is 12.8 Å². The van der Waals surface area contributed by atoms with Gasteiger partial charge in [0.1, 0.15) is 0 Å². The minimum atomic E-state index is -0.361. The molecule has 2 atom stereocenters. The van der Waals surface area contributed by atoms with Gasteiger partial charge >= 0.3 is 0 Å². The molecule has 0 aromatic rings. The number of carbonyl (C=O) groups excluding carboxylic acids is 1. The molecule has 2 N–H and O–H groups in total. The largest absolute Gasteiger partial charge is 0.392 e. The van der Waals surface area contributed by atoms with E-state index in [0.717, 1.165) is 38.8 Å². The average Bonchev–Trinajstić information content (AvgIpc) is 2.67. The molecule has 0 bridgehead atoms. The Morgan fingerprint density at radius 2 is 2.11 bits per heavy atom. The number of hydrogen-bond donors (Lipinski definition) is 2. The molecule has 2 unspecified atom stereocenters. The van der Waals surface area contributed by atoms with E-state index in [9.17, 15) is 9.90 Å². The van der Waals surface area contributed by atoms with E-state index in [0.29, 0.717) is 13.0 Å². The van der Waals surface area contributed by atoms with Crippen molar-refractivity contribution in [1.29, 1.82) is 0 Å². The summed E-state index contributed by atoms with van der Waals surface area (Å²) < 4.78 is 4.98. The molecule has 1 aliphatic heterocycles. The third-order valence-electron chi connectivity index (χ3n) is 3.40. The SMILES string of the molecule is COCCCCCCNC(=O)C1CC(O)CN1C. The monoisotopic (exact) mass is 258 g/mol. The van der Waals surface area contributed by atoms with E-state index < -0.39 is 0 Å². The van der Waals surface area contributed by atoms with E-state index in [-0.39, 0.29) is 18.1 Å². The second-order valence-electron chi connectivity index (χ2n) is 5.04. The van der Waals surface area contributed by atoms with Gasteiger partial charge in [0.15, 0.2) is 0 Å². The van der Waals surface area contributed by atoms with Crippen LogP contribution in [0.4, 0.5) is 0 Å². The van der Waals surface area contributed by atoms with Crippen molar-refractivity contribution in [3.63, 3.8) is 0 Å². The quantitative estimate of drug-likeness (QED) is 0.618. The number of nitrogens with one attached hydrogen (secondary N) is 1. The summed E-state index contributed by atoms with van der Waals surface area (Å²) in [5.41, 5.74) is 0. The molecule has 0 saturated carbocycles. The number of hydrogen-bond acceptors (Lipinski definition) is 4. The van der Waals surface area contributed by atoms with Crippen LogP contribution in [0, 0.1) is 0 Å². The van der Waals surface area contributed by atoms with Crippen LogP contribution < -0.4 is 5.32 Å². The van der Waals surface area contributed by atoms with Gasteiger partial charge in [-0.3, -0.25) is 9.69 Å². The van der Waals surface area contributed by atoms with Crippen LogP contribution in [0.1, 0.15) is 32.1 Å². The summed E-state index contributed by atoms with van der Waals surface area (Å²) in [6, 6.07) is -0.159. The number of rotatable bonds is 8. The number of ether oxygens (including phenoxy) is 1. The summed E-state index contributed by atoms with van der Waals surface area (Å²) in [6.45, 7) is 2.14. The lowest BCUT2D eigenvalue weighted by Crippen LogP contribution is -2.41. The van der Waals surface area contributed by atoms with Crippen LogP contribution in [0.3, 0.4) is 0 Å². The summed E-state index contributed by atoms with van der Waals surface area (Å²) in [7, 11) is 3.60. The molecule has 1 amide bonds. The molecule has 1 rings (SSSR count). The summed E-state index contributed by atoms with van der Waals surface area (Å²) in [5, 5.41) is 12.4. The number of unbranched alkanes of at least 4 members (excludes halogenated alkanes) is 3. The Morgan fingerprint density at radius 3 is 2.72 bits per heavy atom. The fourth-order valence-electron chi connectivity index (χ4n) is 2.33. The zero-order valence-electron chi connectivity index (χ0n) is 11.5. The molecular weight excluding hydrogens is 232 g/mol. The smallest absolute Gasteiger partial charge is 0.237 e. The number of β-amino-alcohol motifs (C(OH)–C–C–N with tert-alkyl or cyclic N) is 1. The van der Waals surface area contributed by atoms with Gasteiger partial charge in [0.05, 0.1) is 12.1 Å². The third kappa shape index (κ3) is 5.33. The highest BCUT2D eigenvalue weighted by Crippen LogP contribution is 2.15.